The van der Waals surface area contributed by atoms with Gasteiger partial charge in [-0.25, -0.2) is 0 Å². The van der Waals surface area contributed by atoms with Crippen LogP contribution in [-0.2, 0) is 4.79 Å². The number of hydrogen-bond acceptors (Lipinski definition) is 2. The van der Waals surface area contributed by atoms with Crippen molar-refractivity contribution in [3.63, 3.8) is 0 Å². The highest BCUT2D eigenvalue weighted by Crippen LogP contribution is 2.20. The standard InChI is InChI=1S/C11H21NO2/c1-3-9(2)7-12-5-4-10(8-12)6-11(13)14/h9-10H,3-8H2,1-2H3,(H,13,14). The second-order valence-electron chi connectivity index (χ2n) is 4.53. The third-order valence-electron chi connectivity index (χ3n) is 3.10. The molecule has 1 rings (SSSR count). The van der Waals surface area contributed by atoms with Crippen molar-refractivity contribution in [1.29, 1.82) is 0 Å². The Kier molecular flexibility index (Phi) is 4.39. The molecule has 1 N–H and O–H groups in total. The highest BCUT2D eigenvalue weighted by Gasteiger charge is 2.24. The van der Waals surface area contributed by atoms with Crippen molar-refractivity contribution in [2.75, 3.05) is 19.6 Å². The van der Waals surface area contributed by atoms with Gasteiger partial charge in [-0.15, -0.1) is 0 Å². The predicted molar refractivity (Wildman–Crippen MR) is 56.3 cm³/mol. The zero-order valence-electron chi connectivity index (χ0n) is 9.20. The first-order valence-corrected chi connectivity index (χ1v) is 5.56. The molecule has 1 aliphatic heterocycles. The Morgan fingerprint density at radius 2 is 2.36 bits per heavy atom. The second-order valence-corrected chi connectivity index (χ2v) is 4.53. The smallest absolute Gasteiger partial charge is 0.303 e. The van der Waals surface area contributed by atoms with Crippen LogP contribution in [0.3, 0.4) is 0 Å². The van der Waals surface area contributed by atoms with Gasteiger partial charge in [0.05, 0.1) is 0 Å². The van der Waals surface area contributed by atoms with Crippen LogP contribution in [0.5, 0.6) is 0 Å². The third-order valence-corrected chi connectivity index (χ3v) is 3.10. The van der Waals surface area contributed by atoms with Crippen LogP contribution < -0.4 is 0 Å². The number of carboxylic acids is 1. The quantitative estimate of drug-likeness (QED) is 0.734. The van der Waals surface area contributed by atoms with Gasteiger partial charge in [-0.1, -0.05) is 20.3 Å². The van der Waals surface area contributed by atoms with Gasteiger partial charge < -0.3 is 10.0 Å². The summed E-state index contributed by atoms with van der Waals surface area (Å²) in [4.78, 5) is 12.9. The van der Waals surface area contributed by atoms with Crippen LogP contribution in [0.4, 0.5) is 0 Å². The Hall–Kier alpha value is -0.570. The number of nitrogens with zero attached hydrogens (tertiary/aromatic N) is 1. The van der Waals surface area contributed by atoms with Gasteiger partial charge in [0.25, 0.3) is 0 Å². The van der Waals surface area contributed by atoms with E-state index in [-0.39, 0.29) is 0 Å². The molecule has 1 fully saturated rings. The number of hydrogen-bond donors (Lipinski definition) is 1. The molecule has 3 nitrogen and oxygen atoms in total. The molecule has 0 saturated carbocycles. The summed E-state index contributed by atoms with van der Waals surface area (Å²) in [5.41, 5.74) is 0. The highest BCUT2D eigenvalue weighted by molar-refractivity contribution is 5.67. The Morgan fingerprint density at radius 1 is 1.64 bits per heavy atom. The number of rotatable bonds is 5. The lowest BCUT2D eigenvalue weighted by Gasteiger charge is -2.19. The fourth-order valence-corrected chi connectivity index (χ4v) is 2.06. The minimum atomic E-state index is -0.652. The van der Waals surface area contributed by atoms with Gasteiger partial charge in [0, 0.05) is 19.5 Å². The average Bonchev–Trinajstić information content (AvgIpc) is 2.51. The van der Waals surface area contributed by atoms with Crippen molar-refractivity contribution in [2.24, 2.45) is 11.8 Å². The normalized spacial score (nSPS) is 25.1. The van der Waals surface area contributed by atoms with E-state index < -0.39 is 5.97 Å². The monoisotopic (exact) mass is 199 g/mol. The zero-order chi connectivity index (χ0) is 10.6. The van der Waals surface area contributed by atoms with Crippen molar-refractivity contribution in [3.05, 3.63) is 0 Å². The SMILES string of the molecule is CCC(C)CN1CCC(CC(=O)O)C1. The van der Waals surface area contributed by atoms with Crippen molar-refractivity contribution in [3.8, 4) is 0 Å². The first-order valence-electron chi connectivity index (χ1n) is 5.56. The van der Waals surface area contributed by atoms with E-state index in [4.69, 9.17) is 5.11 Å². The van der Waals surface area contributed by atoms with Gasteiger partial charge in [0.1, 0.15) is 0 Å². The molecule has 1 aliphatic rings. The molecule has 0 aromatic rings. The summed E-state index contributed by atoms with van der Waals surface area (Å²) < 4.78 is 0. The number of aliphatic carboxylic acids is 1. The second kappa shape index (κ2) is 5.35. The van der Waals surface area contributed by atoms with Gasteiger partial charge in [-0.05, 0) is 24.8 Å². The molecule has 0 aromatic heterocycles. The number of likely N-dealkylation sites (tertiary alicyclic amines) is 1. The maximum Gasteiger partial charge on any atom is 0.303 e. The summed E-state index contributed by atoms with van der Waals surface area (Å²) >= 11 is 0. The lowest BCUT2D eigenvalue weighted by Crippen LogP contribution is -2.26. The van der Waals surface area contributed by atoms with E-state index in [0.717, 1.165) is 32.0 Å². The molecule has 3 heteroatoms. The van der Waals surface area contributed by atoms with Crippen molar-refractivity contribution in [2.45, 2.75) is 33.1 Å². The highest BCUT2D eigenvalue weighted by atomic mass is 16.4. The summed E-state index contributed by atoms with van der Waals surface area (Å²) in [6.07, 6.45) is 2.61. The minimum absolute atomic E-state index is 0.344. The molecule has 0 spiro atoms. The topological polar surface area (TPSA) is 40.5 Å². The summed E-state index contributed by atoms with van der Waals surface area (Å²) in [5, 5.41) is 8.67. The Bertz CT molecular complexity index is 194. The van der Waals surface area contributed by atoms with Crippen LogP contribution in [0, 0.1) is 11.8 Å². The fourth-order valence-electron chi connectivity index (χ4n) is 2.06. The molecule has 1 heterocycles. The largest absolute Gasteiger partial charge is 0.481 e. The Balaban J connectivity index is 2.23. The first-order chi connectivity index (χ1) is 6.61. The molecule has 0 radical (unpaired) electrons. The van der Waals surface area contributed by atoms with E-state index in [0.29, 0.717) is 12.3 Å². The van der Waals surface area contributed by atoms with Crippen LogP contribution >= 0.6 is 0 Å². The third kappa shape index (κ3) is 3.66. The molecule has 0 amide bonds. The molecule has 0 bridgehead atoms. The van der Waals surface area contributed by atoms with Crippen LogP contribution in [0.25, 0.3) is 0 Å². The van der Waals surface area contributed by atoms with Crippen molar-refractivity contribution < 1.29 is 9.90 Å². The van der Waals surface area contributed by atoms with Crippen molar-refractivity contribution >= 4 is 5.97 Å². The summed E-state index contributed by atoms with van der Waals surface area (Å²) in [7, 11) is 0. The molecule has 82 valence electrons. The molecular formula is C11H21NO2. The molecular weight excluding hydrogens is 178 g/mol. The first kappa shape index (κ1) is 11.5. The molecule has 0 aliphatic carbocycles. The van der Waals surface area contributed by atoms with Crippen LogP contribution in [-0.4, -0.2) is 35.6 Å². The average molecular weight is 199 g/mol. The molecule has 0 aromatic carbocycles. The minimum Gasteiger partial charge on any atom is -0.481 e. The maximum atomic E-state index is 10.5. The van der Waals surface area contributed by atoms with E-state index >= 15 is 0 Å². The van der Waals surface area contributed by atoms with Crippen LogP contribution in [0.2, 0.25) is 0 Å². The summed E-state index contributed by atoms with van der Waals surface area (Å²) in [5.74, 6) is 0.468. The van der Waals surface area contributed by atoms with Gasteiger partial charge in [0.15, 0.2) is 0 Å². The van der Waals surface area contributed by atoms with Crippen molar-refractivity contribution in [1.82, 2.24) is 4.90 Å². The molecule has 1 saturated heterocycles. The van der Waals surface area contributed by atoms with Gasteiger partial charge >= 0.3 is 5.97 Å². The molecule has 14 heavy (non-hydrogen) atoms. The molecule has 2 unspecified atom stereocenters. The number of carboxylic acid groups (broad SMARTS) is 1. The summed E-state index contributed by atoms with van der Waals surface area (Å²) in [6.45, 7) is 7.66. The lowest BCUT2D eigenvalue weighted by molar-refractivity contribution is -0.138. The zero-order valence-corrected chi connectivity index (χ0v) is 9.20. The Labute approximate surface area is 86.1 Å². The van der Waals surface area contributed by atoms with Gasteiger partial charge in [-0.2, -0.15) is 0 Å². The summed E-state index contributed by atoms with van der Waals surface area (Å²) in [6, 6.07) is 0. The van der Waals surface area contributed by atoms with E-state index in [1.165, 1.54) is 6.42 Å². The predicted octanol–water partition coefficient (Wildman–Crippen LogP) is 1.83. The van der Waals surface area contributed by atoms with E-state index in [9.17, 15) is 4.79 Å². The Morgan fingerprint density at radius 3 is 2.93 bits per heavy atom. The molecule has 2 atom stereocenters. The lowest BCUT2D eigenvalue weighted by atomic mass is 10.1. The van der Waals surface area contributed by atoms with Gasteiger partial charge in [-0.3, -0.25) is 4.79 Å². The van der Waals surface area contributed by atoms with E-state index in [1.54, 1.807) is 0 Å². The van der Waals surface area contributed by atoms with E-state index in [2.05, 4.69) is 18.7 Å². The van der Waals surface area contributed by atoms with E-state index in [1.807, 2.05) is 0 Å². The maximum absolute atomic E-state index is 10.5. The fraction of sp³-hybridized carbons (Fsp3) is 0.909. The van der Waals surface area contributed by atoms with Crippen LogP contribution in [0.1, 0.15) is 33.1 Å². The van der Waals surface area contributed by atoms with Crippen LogP contribution in [0.15, 0.2) is 0 Å². The number of carbonyl (C=O) groups is 1. The van der Waals surface area contributed by atoms with Gasteiger partial charge in [0.2, 0.25) is 0 Å².